The van der Waals surface area contributed by atoms with E-state index in [9.17, 15) is 10.2 Å². The molecule has 0 spiro atoms. The molecule has 8 nitrogen and oxygen atoms in total. The Balaban J connectivity index is 2.03. The summed E-state index contributed by atoms with van der Waals surface area (Å²) in [4.78, 5) is 12.4. The van der Waals surface area contributed by atoms with E-state index >= 15 is 0 Å². The van der Waals surface area contributed by atoms with E-state index in [0.717, 1.165) is 0 Å². The van der Waals surface area contributed by atoms with Crippen molar-refractivity contribution < 1.29 is 20.1 Å². The molecular weight excluding hydrogens is 252 g/mol. The average Bonchev–Trinajstić information content (AvgIpc) is 2.92. The molecule has 19 heavy (non-hydrogen) atoms. The summed E-state index contributed by atoms with van der Waals surface area (Å²) in [6.45, 7) is 1.38. The van der Waals surface area contributed by atoms with Gasteiger partial charge in [0, 0.05) is 0 Å². The Morgan fingerprint density at radius 3 is 2.79 bits per heavy atom. The van der Waals surface area contributed by atoms with Crippen molar-refractivity contribution in [2.45, 2.75) is 31.5 Å². The molecule has 0 aromatic carbocycles. The normalized spacial score (nSPS) is 31.2. The van der Waals surface area contributed by atoms with E-state index in [1.165, 1.54) is 10.9 Å². The molecule has 2 aromatic rings. The molecule has 0 amide bonds. The number of fused-ring (bicyclic) bond motifs is 1. The maximum atomic E-state index is 9.98. The van der Waals surface area contributed by atoms with Gasteiger partial charge in [-0.25, -0.2) is 15.0 Å². The van der Waals surface area contributed by atoms with Crippen molar-refractivity contribution in [2.24, 2.45) is 0 Å². The van der Waals surface area contributed by atoms with Crippen LogP contribution in [-0.2, 0) is 4.74 Å². The topological polar surface area (TPSA) is 114 Å². The standard InChI is InChI=1S/C11H14N4O4/c1-5-12-2-6-10(14-5)15(4-13-6)11-9(18)8(17)7(3-16)19-11/h2,4,7-9,11,16-18H,3H2,1H3/t7-,8-,9-,11-/m1/s1. The van der Waals surface area contributed by atoms with Crippen LogP contribution in [0.3, 0.4) is 0 Å². The number of aromatic nitrogens is 4. The van der Waals surface area contributed by atoms with Crippen molar-refractivity contribution in [1.29, 1.82) is 0 Å². The number of hydrogen-bond donors (Lipinski definition) is 3. The van der Waals surface area contributed by atoms with Crippen LogP contribution in [0.2, 0.25) is 0 Å². The lowest BCUT2D eigenvalue weighted by molar-refractivity contribution is -0.0511. The van der Waals surface area contributed by atoms with Crippen LogP contribution < -0.4 is 0 Å². The fraction of sp³-hybridized carbons (Fsp3) is 0.545. The molecule has 2 aromatic heterocycles. The van der Waals surface area contributed by atoms with E-state index in [1.807, 2.05) is 0 Å². The largest absolute Gasteiger partial charge is 0.394 e. The van der Waals surface area contributed by atoms with Crippen LogP contribution in [0.4, 0.5) is 0 Å². The molecule has 0 unspecified atom stereocenters. The van der Waals surface area contributed by atoms with Crippen molar-refractivity contribution in [2.75, 3.05) is 6.61 Å². The van der Waals surface area contributed by atoms with Crippen LogP contribution in [-0.4, -0.2) is 59.8 Å². The fourth-order valence-electron chi connectivity index (χ4n) is 2.21. The number of nitrogens with zero attached hydrogens (tertiary/aromatic N) is 4. The van der Waals surface area contributed by atoms with Gasteiger partial charge in [-0.15, -0.1) is 0 Å². The molecule has 1 aliphatic heterocycles. The molecule has 1 saturated heterocycles. The minimum Gasteiger partial charge on any atom is -0.394 e. The van der Waals surface area contributed by atoms with Gasteiger partial charge in [0.25, 0.3) is 0 Å². The van der Waals surface area contributed by atoms with Crippen LogP contribution in [0.5, 0.6) is 0 Å². The van der Waals surface area contributed by atoms with Gasteiger partial charge in [0.15, 0.2) is 11.9 Å². The predicted molar refractivity (Wildman–Crippen MR) is 63.1 cm³/mol. The molecule has 102 valence electrons. The molecular formula is C11H14N4O4. The van der Waals surface area contributed by atoms with Gasteiger partial charge in [-0.3, -0.25) is 4.57 Å². The lowest BCUT2D eigenvalue weighted by Crippen LogP contribution is -2.33. The molecule has 0 radical (unpaired) electrons. The number of aryl methyl sites for hydroxylation is 1. The Hall–Kier alpha value is -1.61. The molecule has 0 bridgehead atoms. The van der Waals surface area contributed by atoms with Gasteiger partial charge in [-0.1, -0.05) is 0 Å². The van der Waals surface area contributed by atoms with Crippen molar-refractivity contribution in [3.8, 4) is 0 Å². The van der Waals surface area contributed by atoms with Gasteiger partial charge in [-0.05, 0) is 6.92 Å². The molecule has 1 aliphatic rings. The predicted octanol–water partition coefficient (Wildman–Crippen LogP) is -1.25. The highest BCUT2D eigenvalue weighted by Crippen LogP contribution is 2.30. The van der Waals surface area contributed by atoms with E-state index in [4.69, 9.17) is 9.84 Å². The van der Waals surface area contributed by atoms with Crippen molar-refractivity contribution in [3.05, 3.63) is 18.3 Å². The van der Waals surface area contributed by atoms with Gasteiger partial charge in [0.2, 0.25) is 0 Å². The van der Waals surface area contributed by atoms with Crippen LogP contribution in [0.25, 0.3) is 11.2 Å². The lowest BCUT2D eigenvalue weighted by atomic mass is 10.1. The molecule has 0 aliphatic carbocycles. The third-order valence-electron chi connectivity index (χ3n) is 3.23. The zero-order valence-corrected chi connectivity index (χ0v) is 10.2. The quantitative estimate of drug-likeness (QED) is 0.622. The second-order valence-corrected chi connectivity index (χ2v) is 4.51. The van der Waals surface area contributed by atoms with E-state index < -0.39 is 24.5 Å². The van der Waals surface area contributed by atoms with Gasteiger partial charge in [0.1, 0.15) is 29.7 Å². The average molecular weight is 266 g/mol. The fourth-order valence-corrected chi connectivity index (χ4v) is 2.21. The number of rotatable bonds is 2. The summed E-state index contributed by atoms with van der Waals surface area (Å²) in [5.74, 6) is 0.570. The third kappa shape index (κ3) is 1.89. The zero-order chi connectivity index (χ0) is 13.6. The van der Waals surface area contributed by atoms with Crippen LogP contribution >= 0.6 is 0 Å². The summed E-state index contributed by atoms with van der Waals surface area (Å²) in [5, 5.41) is 28.8. The number of hydrogen-bond acceptors (Lipinski definition) is 7. The maximum Gasteiger partial charge on any atom is 0.165 e. The van der Waals surface area contributed by atoms with Gasteiger partial charge < -0.3 is 20.1 Å². The Kier molecular flexibility index (Phi) is 2.94. The summed E-state index contributed by atoms with van der Waals surface area (Å²) in [5.41, 5.74) is 1.09. The third-order valence-corrected chi connectivity index (χ3v) is 3.23. The molecule has 8 heteroatoms. The summed E-state index contributed by atoms with van der Waals surface area (Å²) >= 11 is 0. The lowest BCUT2D eigenvalue weighted by Gasteiger charge is -2.16. The number of aliphatic hydroxyl groups is 3. The van der Waals surface area contributed by atoms with E-state index in [1.54, 1.807) is 13.1 Å². The second kappa shape index (κ2) is 4.49. The molecule has 3 heterocycles. The first kappa shape index (κ1) is 12.4. The van der Waals surface area contributed by atoms with E-state index in [0.29, 0.717) is 17.0 Å². The van der Waals surface area contributed by atoms with Crippen LogP contribution in [0.1, 0.15) is 12.1 Å². The summed E-state index contributed by atoms with van der Waals surface area (Å²) < 4.78 is 6.98. The van der Waals surface area contributed by atoms with E-state index in [2.05, 4.69) is 15.0 Å². The van der Waals surface area contributed by atoms with Gasteiger partial charge in [-0.2, -0.15) is 0 Å². The molecule has 1 fully saturated rings. The number of aliphatic hydroxyl groups excluding tert-OH is 3. The van der Waals surface area contributed by atoms with Crippen molar-refractivity contribution in [1.82, 2.24) is 19.5 Å². The minimum absolute atomic E-state index is 0.366. The smallest absolute Gasteiger partial charge is 0.165 e. The highest BCUT2D eigenvalue weighted by molar-refractivity contribution is 5.69. The van der Waals surface area contributed by atoms with Crippen molar-refractivity contribution >= 4 is 11.2 Å². The van der Waals surface area contributed by atoms with E-state index in [-0.39, 0.29) is 6.61 Å². The first-order chi connectivity index (χ1) is 9.11. The number of imidazole rings is 1. The summed E-state index contributed by atoms with van der Waals surface area (Å²) in [7, 11) is 0. The van der Waals surface area contributed by atoms with Gasteiger partial charge >= 0.3 is 0 Å². The molecule has 3 rings (SSSR count). The molecule has 3 N–H and O–H groups in total. The summed E-state index contributed by atoms with van der Waals surface area (Å²) in [6, 6.07) is 0. The Morgan fingerprint density at radius 2 is 2.11 bits per heavy atom. The first-order valence-corrected chi connectivity index (χ1v) is 5.90. The maximum absolute atomic E-state index is 9.98. The monoisotopic (exact) mass is 266 g/mol. The number of ether oxygens (including phenoxy) is 1. The Morgan fingerprint density at radius 1 is 1.32 bits per heavy atom. The van der Waals surface area contributed by atoms with Crippen molar-refractivity contribution in [3.63, 3.8) is 0 Å². The highest BCUT2D eigenvalue weighted by Gasteiger charge is 2.43. The molecule has 4 atom stereocenters. The zero-order valence-electron chi connectivity index (χ0n) is 10.2. The van der Waals surface area contributed by atoms with Gasteiger partial charge in [0.05, 0.1) is 19.1 Å². The van der Waals surface area contributed by atoms with Crippen LogP contribution in [0, 0.1) is 6.92 Å². The first-order valence-electron chi connectivity index (χ1n) is 5.90. The highest BCUT2D eigenvalue weighted by atomic mass is 16.6. The SMILES string of the molecule is Cc1ncc2ncn([C@@H]3O[C@H](CO)[C@@H](O)[C@H]3O)c2n1. The summed E-state index contributed by atoms with van der Waals surface area (Å²) in [6.07, 6.45) is -0.888. The minimum atomic E-state index is -1.15. The molecule has 0 saturated carbocycles. The Bertz CT molecular complexity index is 601. The van der Waals surface area contributed by atoms with Crippen LogP contribution in [0.15, 0.2) is 12.5 Å². The Labute approximate surface area is 108 Å². The second-order valence-electron chi connectivity index (χ2n) is 4.51.